The van der Waals surface area contributed by atoms with Crippen LogP contribution in [-0.2, 0) is 16.1 Å². The molecule has 0 saturated carbocycles. The first-order valence-corrected chi connectivity index (χ1v) is 6.05. The zero-order valence-electron chi connectivity index (χ0n) is 10.2. The second-order valence-electron chi connectivity index (χ2n) is 4.26. The van der Waals surface area contributed by atoms with E-state index in [4.69, 9.17) is 9.84 Å². The minimum Gasteiger partial charge on any atom is -0.478 e. The fraction of sp³-hybridized carbons (Fsp3) is 0.357. The normalized spacial score (nSPS) is 17.1. The fourth-order valence-corrected chi connectivity index (χ4v) is 2.00. The number of carbonyl (C=O) groups is 1. The lowest BCUT2D eigenvalue weighted by Crippen LogP contribution is -2.35. The largest absolute Gasteiger partial charge is 0.478 e. The van der Waals surface area contributed by atoms with Crippen molar-refractivity contribution in [3.63, 3.8) is 0 Å². The number of morpholine rings is 1. The Morgan fingerprint density at radius 2 is 2.06 bits per heavy atom. The fourth-order valence-electron chi connectivity index (χ4n) is 2.00. The van der Waals surface area contributed by atoms with Crippen LogP contribution in [0.25, 0.3) is 6.08 Å². The molecule has 0 unspecified atom stereocenters. The van der Waals surface area contributed by atoms with Crippen molar-refractivity contribution in [2.75, 3.05) is 26.3 Å². The zero-order chi connectivity index (χ0) is 12.8. The summed E-state index contributed by atoms with van der Waals surface area (Å²) in [5, 5.41) is 8.67. The molecule has 4 heteroatoms. The maximum atomic E-state index is 10.6. The third kappa shape index (κ3) is 3.68. The molecule has 1 aromatic carbocycles. The Morgan fingerprint density at radius 3 is 2.78 bits per heavy atom. The molecule has 1 heterocycles. The third-order valence-electron chi connectivity index (χ3n) is 2.96. The highest BCUT2D eigenvalue weighted by Crippen LogP contribution is 2.14. The quantitative estimate of drug-likeness (QED) is 0.821. The van der Waals surface area contributed by atoms with Crippen LogP contribution in [0.1, 0.15) is 11.1 Å². The van der Waals surface area contributed by atoms with Gasteiger partial charge in [0.25, 0.3) is 0 Å². The van der Waals surface area contributed by atoms with Crippen molar-refractivity contribution in [1.29, 1.82) is 0 Å². The van der Waals surface area contributed by atoms with Gasteiger partial charge in [0.2, 0.25) is 0 Å². The molecule has 1 aliphatic heterocycles. The van der Waals surface area contributed by atoms with E-state index in [0.29, 0.717) is 0 Å². The van der Waals surface area contributed by atoms with Gasteiger partial charge in [-0.05, 0) is 17.2 Å². The molecule has 0 spiro atoms. The second-order valence-corrected chi connectivity index (χ2v) is 4.26. The average Bonchev–Trinajstić information content (AvgIpc) is 2.39. The summed E-state index contributed by atoms with van der Waals surface area (Å²) in [6, 6.07) is 7.88. The highest BCUT2D eigenvalue weighted by molar-refractivity contribution is 5.85. The SMILES string of the molecule is O=C(O)C=Cc1ccccc1CN1CCOCC1. The van der Waals surface area contributed by atoms with Crippen molar-refractivity contribution in [2.45, 2.75) is 6.54 Å². The summed E-state index contributed by atoms with van der Waals surface area (Å²) in [6.07, 6.45) is 2.83. The predicted octanol–water partition coefficient (Wildman–Crippen LogP) is 1.62. The highest BCUT2D eigenvalue weighted by atomic mass is 16.5. The summed E-state index contributed by atoms with van der Waals surface area (Å²) in [7, 11) is 0. The van der Waals surface area contributed by atoms with Crippen molar-refractivity contribution in [3.8, 4) is 0 Å². The first kappa shape index (κ1) is 12.8. The summed E-state index contributed by atoms with van der Waals surface area (Å²) in [5.74, 6) is -0.920. The number of nitrogens with zero attached hydrogens (tertiary/aromatic N) is 1. The van der Waals surface area contributed by atoms with Crippen molar-refractivity contribution >= 4 is 12.0 Å². The van der Waals surface area contributed by atoms with E-state index in [2.05, 4.69) is 4.90 Å². The number of rotatable bonds is 4. The molecule has 0 aromatic heterocycles. The van der Waals surface area contributed by atoms with E-state index >= 15 is 0 Å². The molecule has 1 aromatic rings. The van der Waals surface area contributed by atoms with E-state index < -0.39 is 5.97 Å². The Balaban J connectivity index is 2.08. The van der Waals surface area contributed by atoms with Crippen LogP contribution < -0.4 is 0 Å². The molecular formula is C14H17NO3. The molecular weight excluding hydrogens is 230 g/mol. The molecule has 4 nitrogen and oxygen atoms in total. The van der Waals surface area contributed by atoms with Gasteiger partial charge < -0.3 is 9.84 Å². The molecule has 0 atom stereocenters. The molecule has 1 aliphatic rings. The predicted molar refractivity (Wildman–Crippen MR) is 69.2 cm³/mol. The van der Waals surface area contributed by atoms with Crippen molar-refractivity contribution in [3.05, 3.63) is 41.5 Å². The van der Waals surface area contributed by atoms with E-state index in [-0.39, 0.29) is 0 Å². The van der Waals surface area contributed by atoms with Crippen LogP contribution >= 0.6 is 0 Å². The minimum absolute atomic E-state index is 0.771. The Kier molecular flexibility index (Phi) is 4.50. The number of hydrogen-bond acceptors (Lipinski definition) is 3. The van der Waals surface area contributed by atoms with Crippen LogP contribution in [-0.4, -0.2) is 42.3 Å². The lowest BCUT2D eigenvalue weighted by Gasteiger charge is -2.27. The molecule has 1 N–H and O–H groups in total. The maximum absolute atomic E-state index is 10.6. The third-order valence-corrected chi connectivity index (χ3v) is 2.96. The lowest BCUT2D eigenvalue weighted by molar-refractivity contribution is -0.131. The van der Waals surface area contributed by atoms with E-state index in [1.807, 2.05) is 24.3 Å². The first-order valence-electron chi connectivity index (χ1n) is 6.05. The van der Waals surface area contributed by atoms with Gasteiger partial charge in [-0.15, -0.1) is 0 Å². The van der Waals surface area contributed by atoms with Gasteiger partial charge in [0.1, 0.15) is 0 Å². The number of aliphatic carboxylic acids is 1. The molecule has 2 rings (SSSR count). The second kappa shape index (κ2) is 6.33. The lowest BCUT2D eigenvalue weighted by atomic mass is 10.1. The Labute approximate surface area is 106 Å². The van der Waals surface area contributed by atoms with Crippen LogP contribution in [0, 0.1) is 0 Å². The van der Waals surface area contributed by atoms with Gasteiger partial charge in [0.05, 0.1) is 13.2 Å². The van der Waals surface area contributed by atoms with E-state index in [1.165, 1.54) is 6.08 Å². The number of carboxylic acid groups (broad SMARTS) is 1. The Bertz CT molecular complexity index is 436. The molecule has 96 valence electrons. The maximum Gasteiger partial charge on any atom is 0.328 e. The van der Waals surface area contributed by atoms with Crippen LogP contribution in [0.3, 0.4) is 0 Å². The molecule has 0 bridgehead atoms. The van der Waals surface area contributed by atoms with Crippen LogP contribution in [0.4, 0.5) is 0 Å². The summed E-state index contributed by atoms with van der Waals surface area (Å²) < 4.78 is 5.31. The van der Waals surface area contributed by atoms with Gasteiger partial charge in [-0.25, -0.2) is 4.79 Å². The standard InChI is InChI=1S/C14H17NO3/c16-14(17)6-5-12-3-1-2-4-13(12)11-15-7-9-18-10-8-15/h1-6H,7-11H2,(H,16,17). The smallest absolute Gasteiger partial charge is 0.328 e. The van der Waals surface area contributed by atoms with Gasteiger partial charge in [0.15, 0.2) is 0 Å². The van der Waals surface area contributed by atoms with Crippen LogP contribution in [0.15, 0.2) is 30.3 Å². The Morgan fingerprint density at radius 1 is 1.33 bits per heavy atom. The van der Waals surface area contributed by atoms with Gasteiger partial charge in [0, 0.05) is 25.7 Å². The van der Waals surface area contributed by atoms with Crippen molar-refractivity contribution in [1.82, 2.24) is 4.90 Å². The van der Waals surface area contributed by atoms with Crippen molar-refractivity contribution < 1.29 is 14.6 Å². The zero-order valence-corrected chi connectivity index (χ0v) is 10.2. The number of ether oxygens (including phenoxy) is 1. The van der Waals surface area contributed by atoms with Crippen molar-refractivity contribution in [2.24, 2.45) is 0 Å². The summed E-state index contributed by atoms with van der Waals surface area (Å²) in [6.45, 7) is 4.23. The van der Waals surface area contributed by atoms with E-state index in [0.717, 1.165) is 44.0 Å². The molecule has 1 saturated heterocycles. The molecule has 0 amide bonds. The first-order chi connectivity index (χ1) is 8.75. The topological polar surface area (TPSA) is 49.8 Å². The summed E-state index contributed by atoms with van der Waals surface area (Å²) in [5.41, 5.74) is 2.11. The van der Waals surface area contributed by atoms with E-state index in [1.54, 1.807) is 6.08 Å². The number of carboxylic acids is 1. The number of hydrogen-bond donors (Lipinski definition) is 1. The minimum atomic E-state index is -0.920. The van der Waals surface area contributed by atoms with Gasteiger partial charge in [-0.2, -0.15) is 0 Å². The Hall–Kier alpha value is -1.65. The molecule has 0 aliphatic carbocycles. The molecule has 0 radical (unpaired) electrons. The molecule has 18 heavy (non-hydrogen) atoms. The summed E-state index contributed by atoms with van der Waals surface area (Å²) in [4.78, 5) is 12.9. The average molecular weight is 247 g/mol. The number of benzene rings is 1. The highest BCUT2D eigenvalue weighted by Gasteiger charge is 2.11. The summed E-state index contributed by atoms with van der Waals surface area (Å²) >= 11 is 0. The van der Waals surface area contributed by atoms with Crippen LogP contribution in [0.2, 0.25) is 0 Å². The van der Waals surface area contributed by atoms with E-state index in [9.17, 15) is 4.79 Å². The van der Waals surface area contributed by atoms with Gasteiger partial charge in [-0.3, -0.25) is 4.90 Å². The van der Waals surface area contributed by atoms with Gasteiger partial charge in [-0.1, -0.05) is 24.3 Å². The van der Waals surface area contributed by atoms with Gasteiger partial charge >= 0.3 is 5.97 Å². The van der Waals surface area contributed by atoms with Crippen LogP contribution in [0.5, 0.6) is 0 Å². The monoisotopic (exact) mass is 247 g/mol. The molecule has 1 fully saturated rings.